The van der Waals surface area contributed by atoms with Crippen molar-refractivity contribution in [2.24, 2.45) is 0 Å². The number of rotatable bonds is 4. The number of carbonyl (C=O) groups is 1. The Morgan fingerprint density at radius 2 is 2.00 bits per heavy atom. The zero-order valence-corrected chi connectivity index (χ0v) is 11.9. The second-order valence-electron chi connectivity index (χ2n) is 5.76. The Balaban J connectivity index is 1.92. The quantitative estimate of drug-likeness (QED) is 0.826. The van der Waals surface area contributed by atoms with Gasteiger partial charge in [0.2, 0.25) is 0 Å². The fourth-order valence-corrected chi connectivity index (χ4v) is 3.02. The molecule has 2 saturated carbocycles. The lowest BCUT2D eigenvalue weighted by Crippen LogP contribution is -2.28. The Hall–Kier alpha value is -1.72. The summed E-state index contributed by atoms with van der Waals surface area (Å²) in [5.74, 6) is 0.616. The smallest absolute Gasteiger partial charge is 0.345 e. The van der Waals surface area contributed by atoms with E-state index >= 15 is 0 Å². The highest BCUT2D eigenvalue weighted by molar-refractivity contribution is 5.99. The van der Waals surface area contributed by atoms with Gasteiger partial charge in [-0.15, -0.1) is 0 Å². The van der Waals surface area contributed by atoms with Crippen LogP contribution < -0.4 is 11.1 Å². The topological polar surface area (TPSA) is 82.2 Å². The molecule has 2 aliphatic carbocycles. The van der Waals surface area contributed by atoms with Crippen LogP contribution in [0.5, 0.6) is 0 Å². The highest BCUT2D eigenvalue weighted by Crippen LogP contribution is 2.35. The maximum absolute atomic E-state index is 12.0. The van der Waals surface area contributed by atoms with Crippen molar-refractivity contribution in [2.75, 3.05) is 18.2 Å². The van der Waals surface area contributed by atoms with Crippen molar-refractivity contribution < 1.29 is 9.53 Å². The number of nitrogens with one attached hydrogen (secondary N) is 1. The standard InChI is InChI=1S/C14H22N4O2/c1-20-14(19)11-12(15)18(10-7-2-3-8-10)17-13(11)16-9-5-4-6-9/h9-10H,2-8,15H2,1H3,(H,16,17). The number of methoxy groups -OCH3 is 1. The summed E-state index contributed by atoms with van der Waals surface area (Å²) in [6, 6.07) is 0.722. The molecule has 2 aliphatic rings. The molecule has 3 rings (SSSR count). The van der Waals surface area contributed by atoms with E-state index in [1.807, 2.05) is 4.68 Å². The number of carbonyl (C=O) groups excluding carboxylic acids is 1. The van der Waals surface area contributed by atoms with E-state index in [9.17, 15) is 4.79 Å². The van der Waals surface area contributed by atoms with E-state index in [0.29, 0.717) is 29.3 Å². The van der Waals surface area contributed by atoms with Gasteiger partial charge >= 0.3 is 5.97 Å². The minimum Gasteiger partial charge on any atom is -0.465 e. The SMILES string of the molecule is COC(=O)c1c(NC2CCC2)nn(C2CCCC2)c1N. The molecule has 0 amide bonds. The average molecular weight is 278 g/mol. The van der Waals surface area contributed by atoms with E-state index in [1.165, 1.54) is 26.4 Å². The van der Waals surface area contributed by atoms with Crippen LogP contribution in [0.15, 0.2) is 0 Å². The van der Waals surface area contributed by atoms with Crippen molar-refractivity contribution in [3.63, 3.8) is 0 Å². The molecular weight excluding hydrogens is 256 g/mol. The van der Waals surface area contributed by atoms with Gasteiger partial charge in [0, 0.05) is 6.04 Å². The van der Waals surface area contributed by atoms with Gasteiger partial charge in [-0.2, -0.15) is 5.10 Å². The van der Waals surface area contributed by atoms with Crippen LogP contribution in [0.4, 0.5) is 11.6 Å². The van der Waals surface area contributed by atoms with Crippen LogP contribution in [0.1, 0.15) is 61.3 Å². The first kappa shape index (κ1) is 13.3. The largest absolute Gasteiger partial charge is 0.465 e. The third-order valence-electron chi connectivity index (χ3n) is 4.45. The molecule has 0 aliphatic heterocycles. The van der Waals surface area contributed by atoms with E-state index in [0.717, 1.165) is 25.7 Å². The third-order valence-corrected chi connectivity index (χ3v) is 4.45. The highest BCUT2D eigenvalue weighted by atomic mass is 16.5. The molecule has 0 aromatic carbocycles. The van der Waals surface area contributed by atoms with Crippen molar-refractivity contribution in [1.82, 2.24) is 9.78 Å². The lowest BCUT2D eigenvalue weighted by atomic mass is 9.93. The molecule has 20 heavy (non-hydrogen) atoms. The number of esters is 1. The molecule has 0 radical (unpaired) electrons. The number of hydrogen-bond acceptors (Lipinski definition) is 5. The molecule has 0 saturated heterocycles. The molecular formula is C14H22N4O2. The molecule has 0 bridgehead atoms. The van der Waals surface area contributed by atoms with Crippen LogP contribution in [-0.4, -0.2) is 28.9 Å². The Morgan fingerprint density at radius 3 is 2.55 bits per heavy atom. The maximum atomic E-state index is 12.0. The predicted molar refractivity (Wildman–Crippen MR) is 76.7 cm³/mol. The first-order valence-corrected chi connectivity index (χ1v) is 7.43. The fraction of sp³-hybridized carbons (Fsp3) is 0.714. The summed E-state index contributed by atoms with van der Waals surface area (Å²) in [5, 5.41) is 7.90. The van der Waals surface area contributed by atoms with Gasteiger partial charge in [-0.3, -0.25) is 0 Å². The molecule has 6 heteroatoms. The zero-order chi connectivity index (χ0) is 14.1. The number of aromatic nitrogens is 2. The minimum absolute atomic E-state index is 0.315. The normalized spacial score (nSPS) is 19.9. The summed E-state index contributed by atoms with van der Waals surface area (Å²) < 4.78 is 6.67. The van der Waals surface area contributed by atoms with Crippen LogP contribution in [0.25, 0.3) is 0 Å². The number of nitrogens with two attached hydrogens (primary N) is 1. The van der Waals surface area contributed by atoms with E-state index in [-0.39, 0.29) is 0 Å². The molecule has 0 spiro atoms. The van der Waals surface area contributed by atoms with Crippen LogP contribution in [0.2, 0.25) is 0 Å². The molecule has 110 valence electrons. The van der Waals surface area contributed by atoms with Crippen molar-refractivity contribution >= 4 is 17.6 Å². The minimum atomic E-state index is -0.409. The summed E-state index contributed by atoms with van der Waals surface area (Å²) in [7, 11) is 1.38. The van der Waals surface area contributed by atoms with Crippen LogP contribution in [0, 0.1) is 0 Å². The molecule has 3 N–H and O–H groups in total. The molecule has 1 aromatic rings. The summed E-state index contributed by atoms with van der Waals surface area (Å²) in [6.07, 6.45) is 8.02. The Kier molecular flexibility index (Phi) is 3.54. The van der Waals surface area contributed by atoms with E-state index < -0.39 is 5.97 Å². The van der Waals surface area contributed by atoms with E-state index in [2.05, 4.69) is 10.4 Å². The maximum Gasteiger partial charge on any atom is 0.345 e. The molecule has 0 atom stereocenters. The van der Waals surface area contributed by atoms with Crippen molar-refractivity contribution in [1.29, 1.82) is 0 Å². The van der Waals surface area contributed by atoms with Crippen molar-refractivity contribution in [2.45, 2.75) is 57.0 Å². The number of nitrogens with zero attached hydrogens (tertiary/aromatic N) is 2. The summed E-state index contributed by atoms with van der Waals surface area (Å²) in [5.41, 5.74) is 6.55. The number of ether oxygens (including phenoxy) is 1. The predicted octanol–water partition coefficient (Wildman–Crippen LogP) is 2.33. The van der Waals surface area contributed by atoms with Crippen molar-refractivity contribution in [3.8, 4) is 0 Å². The average Bonchev–Trinajstić information content (AvgIpc) is 3.01. The number of nitrogen functional groups attached to an aromatic ring is 1. The lowest BCUT2D eigenvalue weighted by Gasteiger charge is -2.26. The first-order chi connectivity index (χ1) is 9.70. The lowest BCUT2D eigenvalue weighted by molar-refractivity contribution is 0.0603. The third kappa shape index (κ3) is 2.23. The summed E-state index contributed by atoms with van der Waals surface area (Å²) in [6.45, 7) is 0. The second kappa shape index (κ2) is 5.34. The number of hydrogen-bond donors (Lipinski definition) is 2. The first-order valence-electron chi connectivity index (χ1n) is 7.43. The Morgan fingerprint density at radius 1 is 1.30 bits per heavy atom. The van der Waals surface area contributed by atoms with Gasteiger partial charge in [-0.25, -0.2) is 9.48 Å². The van der Waals surface area contributed by atoms with E-state index in [1.54, 1.807) is 0 Å². The summed E-state index contributed by atoms with van der Waals surface area (Å²) in [4.78, 5) is 12.0. The molecule has 1 heterocycles. The number of anilines is 2. The summed E-state index contributed by atoms with van der Waals surface area (Å²) >= 11 is 0. The molecule has 0 unspecified atom stereocenters. The van der Waals surface area contributed by atoms with Gasteiger partial charge in [0.05, 0.1) is 13.2 Å². The monoisotopic (exact) mass is 278 g/mol. The van der Waals surface area contributed by atoms with Gasteiger partial charge in [-0.05, 0) is 32.1 Å². The fourth-order valence-electron chi connectivity index (χ4n) is 3.02. The second-order valence-corrected chi connectivity index (χ2v) is 5.76. The van der Waals surface area contributed by atoms with Gasteiger partial charge in [0.15, 0.2) is 5.82 Å². The van der Waals surface area contributed by atoms with Gasteiger partial charge in [-0.1, -0.05) is 12.8 Å². The Labute approximate surface area is 118 Å². The zero-order valence-electron chi connectivity index (χ0n) is 11.9. The van der Waals surface area contributed by atoms with Gasteiger partial charge in [0.25, 0.3) is 0 Å². The van der Waals surface area contributed by atoms with Gasteiger partial charge in [0.1, 0.15) is 11.4 Å². The van der Waals surface area contributed by atoms with Crippen LogP contribution in [-0.2, 0) is 4.74 Å². The van der Waals surface area contributed by atoms with Crippen molar-refractivity contribution in [3.05, 3.63) is 5.56 Å². The molecule has 1 aromatic heterocycles. The van der Waals surface area contributed by atoms with Crippen LogP contribution >= 0.6 is 0 Å². The highest BCUT2D eigenvalue weighted by Gasteiger charge is 2.29. The van der Waals surface area contributed by atoms with Crippen LogP contribution in [0.3, 0.4) is 0 Å². The molecule has 2 fully saturated rings. The van der Waals surface area contributed by atoms with Gasteiger partial charge < -0.3 is 15.8 Å². The molecule has 6 nitrogen and oxygen atoms in total. The van der Waals surface area contributed by atoms with E-state index in [4.69, 9.17) is 10.5 Å². The Bertz CT molecular complexity index is 502.